The maximum Gasteiger partial charge on any atom is 0.573 e. The SMILES string of the molecule is CC(C)Oc1cc(OC(F)(F)F)cc(C(C)(C)c2cc(Cl)cc(NC(=O)c3cc4cnc(NS(C)(=O)=O)cc4[nH]3)c2)c1. The fraction of sp³-hybridized carbons (Fsp3) is 0.286. The summed E-state index contributed by atoms with van der Waals surface area (Å²) in [6.45, 7) is 7.10. The number of pyridine rings is 1. The lowest BCUT2D eigenvalue weighted by atomic mass is 9.78. The summed E-state index contributed by atoms with van der Waals surface area (Å²) in [6.07, 6.45) is -2.77. The molecule has 0 aliphatic rings. The van der Waals surface area contributed by atoms with E-state index >= 15 is 0 Å². The van der Waals surface area contributed by atoms with Crippen molar-refractivity contribution in [2.75, 3.05) is 16.3 Å². The highest BCUT2D eigenvalue weighted by Gasteiger charge is 2.33. The van der Waals surface area contributed by atoms with E-state index in [-0.39, 0.29) is 28.4 Å². The number of amides is 1. The zero-order valence-electron chi connectivity index (χ0n) is 23.2. The first kappa shape index (κ1) is 31.0. The molecule has 14 heteroatoms. The Hall–Kier alpha value is -3.97. The molecule has 0 saturated heterocycles. The zero-order chi connectivity index (χ0) is 31.0. The number of rotatable bonds is 9. The van der Waals surface area contributed by atoms with Gasteiger partial charge in [0.25, 0.3) is 5.91 Å². The van der Waals surface area contributed by atoms with Crippen molar-refractivity contribution in [3.8, 4) is 11.5 Å². The Kier molecular flexibility index (Phi) is 8.38. The first-order chi connectivity index (χ1) is 19.4. The van der Waals surface area contributed by atoms with E-state index in [4.69, 9.17) is 16.3 Å². The molecule has 0 radical (unpaired) electrons. The molecule has 0 unspecified atom stereocenters. The van der Waals surface area contributed by atoms with E-state index in [1.165, 1.54) is 30.5 Å². The highest BCUT2D eigenvalue weighted by molar-refractivity contribution is 7.92. The average Bonchev–Trinajstić information content (AvgIpc) is 3.24. The third-order valence-corrected chi connectivity index (χ3v) is 6.92. The number of alkyl halides is 3. The molecule has 2 aromatic carbocycles. The van der Waals surface area contributed by atoms with E-state index in [9.17, 15) is 26.4 Å². The number of anilines is 2. The number of benzene rings is 2. The molecule has 2 aromatic heterocycles. The number of H-pyrrole nitrogens is 1. The molecule has 3 N–H and O–H groups in total. The van der Waals surface area contributed by atoms with Crippen molar-refractivity contribution in [2.45, 2.75) is 45.6 Å². The van der Waals surface area contributed by atoms with Crippen molar-refractivity contribution < 1.29 is 35.9 Å². The molecule has 2 heterocycles. The summed E-state index contributed by atoms with van der Waals surface area (Å²) >= 11 is 6.40. The van der Waals surface area contributed by atoms with Gasteiger partial charge in [0.05, 0.1) is 17.9 Å². The van der Waals surface area contributed by atoms with Crippen LogP contribution in [0.3, 0.4) is 0 Å². The highest BCUT2D eigenvalue weighted by Crippen LogP contribution is 2.39. The molecule has 9 nitrogen and oxygen atoms in total. The Bertz CT molecular complexity index is 1750. The monoisotopic (exact) mass is 624 g/mol. The van der Waals surface area contributed by atoms with Crippen LogP contribution in [-0.2, 0) is 15.4 Å². The van der Waals surface area contributed by atoms with Crippen molar-refractivity contribution in [1.29, 1.82) is 0 Å². The molecule has 4 rings (SSSR count). The van der Waals surface area contributed by atoms with Gasteiger partial charge in [0.15, 0.2) is 0 Å². The van der Waals surface area contributed by atoms with Gasteiger partial charge in [-0.3, -0.25) is 9.52 Å². The van der Waals surface area contributed by atoms with Crippen molar-refractivity contribution in [1.82, 2.24) is 9.97 Å². The van der Waals surface area contributed by atoms with Gasteiger partial charge in [0, 0.05) is 39.8 Å². The minimum atomic E-state index is -4.89. The van der Waals surface area contributed by atoms with Crippen LogP contribution in [-0.4, -0.2) is 43.0 Å². The molecule has 0 spiro atoms. The van der Waals surface area contributed by atoms with Gasteiger partial charge < -0.3 is 19.8 Å². The van der Waals surface area contributed by atoms with Crippen LogP contribution in [0, 0.1) is 0 Å². The molecule has 0 aliphatic heterocycles. The molecule has 0 saturated carbocycles. The molecule has 42 heavy (non-hydrogen) atoms. The second-order valence-electron chi connectivity index (χ2n) is 10.4. The van der Waals surface area contributed by atoms with E-state index in [1.54, 1.807) is 52.0 Å². The maximum atomic E-state index is 13.1. The third-order valence-electron chi connectivity index (χ3n) is 6.12. The second kappa shape index (κ2) is 11.4. The predicted octanol–water partition coefficient (Wildman–Crippen LogP) is 6.85. The largest absolute Gasteiger partial charge is 0.573 e. The van der Waals surface area contributed by atoms with Crippen molar-refractivity contribution >= 4 is 49.9 Å². The topological polar surface area (TPSA) is 122 Å². The number of hydrogen-bond acceptors (Lipinski definition) is 6. The molecule has 1 amide bonds. The first-order valence-corrected chi connectivity index (χ1v) is 14.8. The van der Waals surface area contributed by atoms with E-state index in [0.717, 1.165) is 6.26 Å². The summed E-state index contributed by atoms with van der Waals surface area (Å²) in [7, 11) is -3.54. The second-order valence-corrected chi connectivity index (χ2v) is 12.6. The van der Waals surface area contributed by atoms with Gasteiger partial charge in [-0.05, 0) is 61.4 Å². The smallest absolute Gasteiger partial charge is 0.491 e. The standard InChI is InChI=1S/C28H28ClF3N4O5S/c1-15(2)40-21-9-18(10-22(12-21)41-28(30,31)32)27(3,4)17-7-19(29)11-20(8-17)34-26(37)24-6-16-14-33-25(13-23(16)35-24)36-42(5,38)39/h6-15,35H,1-5H3,(H,33,36)(H,34,37). The van der Waals surface area contributed by atoms with Gasteiger partial charge in [-0.2, -0.15) is 0 Å². The van der Waals surface area contributed by atoms with Gasteiger partial charge in [0.2, 0.25) is 10.0 Å². The van der Waals surface area contributed by atoms with Gasteiger partial charge in [-0.1, -0.05) is 25.4 Å². The van der Waals surface area contributed by atoms with Gasteiger partial charge in [-0.25, -0.2) is 13.4 Å². The molecule has 0 bridgehead atoms. The van der Waals surface area contributed by atoms with Crippen LogP contribution in [0.5, 0.6) is 11.5 Å². The van der Waals surface area contributed by atoms with Crippen LogP contribution in [0.15, 0.2) is 54.7 Å². The third kappa shape index (κ3) is 7.85. The number of nitrogens with zero attached hydrogens (tertiary/aromatic N) is 1. The summed E-state index contributed by atoms with van der Waals surface area (Å²) in [5, 5.41) is 3.64. The summed E-state index contributed by atoms with van der Waals surface area (Å²) in [4.78, 5) is 20.1. The minimum Gasteiger partial charge on any atom is -0.491 e. The van der Waals surface area contributed by atoms with Crippen LogP contribution in [0.1, 0.15) is 49.3 Å². The Morgan fingerprint density at radius 1 is 1.00 bits per heavy atom. The molecule has 224 valence electrons. The Morgan fingerprint density at radius 2 is 1.67 bits per heavy atom. The quantitative estimate of drug-likeness (QED) is 0.187. The Morgan fingerprint density at radius 3 is 2.31 bits per heavy atom. The van der Waals surface area contributed by atoms with E-state index in [2.05, 4.69) is 24.7 Å². The van der Waals surface area contributed by atoms with E-state index < -0.39 is 33.5 Å². The Balaban J connectivity index is 1.64. The summed E-state index contributed by atoms with van der Waals surface area (Å²) < 4.78 is 74.3. The molecular formula is C28H28ClF3N4O5S. The molecule has 0 fully saturated rings. The number of ether oxygens (including phenoxy) is 2. The van der Waals surface area contributed by atoms with Crippen LogP contribution in [0.4, 0.5) is 24.7 Å². The molecule has 4 aromatic rings. The van der Waals surface area contributed by atoms with Crippen LogP contribution in [0.25, 0.3) is 10.9 Å². The number of aromatic nitrogens is 2. The summed E-state index contributed by atoms with van der Waals surface area (Å²) in [5.41, 5.74) is 1.16. The lowest BCUT2D eigenvalue weighted by Gasteiger charge is -2.28. The lowest BCUT2D eigenvalue weighted by molar-refractivity contribution is -0.274. The summed E-state index contributed by atoms with van der Waals surface area (Å²) in [5.74, 6) is -0.647. The number of nitrogens with one attached hydrogen (secondary N) is 3. The number of halogens is 4. The lowest BCUT2D eigenvalue weighted by Crippen LogP contribution is -2.22. The highest BCUT2D eigenvalue weighted by atomic mass is 35.5. The van der Waals surface area contributed by atoms with Crippen molar-refractivity contribution in [2.24, 2.45) is 0 Å². The Labute approximate surface area is 245 Å². The first-order valence-electron chi connectivity index (χ1n) is 12.5. The van der Waals surface area contributed by atoms with Gasteiger partial charge in [0.1, 0.15) is 23.0 Å². The average molecular weight is 625 g/mol. The van der Waals surface area contributed by atoms with Crippen molar-refractivity contribution in [3.63, 3.8) is 0 Å². The molecular weight excluding hydrogens is 597 g/mol. The maximum absolute atomic E-state index is 13.1. The van der Waals surface area contributed by atoms with Crippen molar-refractivity contribution in [3.05, 3.63) is 76.6 Å². The molecule has 0 aliphatic carbocycles. The summed E-state index contributed by atoms with van der Waals surface area (Å²) in [6, 6.07) is 12.0. The van der Waals surface area contributed by atoms with Crippen LogP contribution < -0.4 is 19.5 Å². The van der Waals surface area contributed by atoms with Gasteiger partial charge >= 0.3 is 6.36 Å². The number of hydrogen-bond donors (Lipinski definition) is 3. The van der Waals surface area contributed by atoms with E-state index in [0.29, 0.717) is 27.7 Å². The number of carbonyl (C=O) groups excluding carboxylic acids is 1. The number of sulfonamides is 1. The predicted molar refractivity (Wildman–Crippen MR) is 155 cm³/mol. The van der Waals surface area contributed by atoms with Crippen LogP contribution in [0.2, 0.25) is 5.02 Å². The number of aromatic amines is 1. The fourth-order valence-corrected chi connectivity index (χ4v) is 4.97. The normalized spacial score (nSPS) is 12.4. The zero-order valence-corrected chi connectivity index (χ0v) is 24.8. The fourth-order valence-electron chi connectivity index (χ4n) is 4.25. The number of carbonyl (C=O) groups is 1. The molecule has 0 atom stereocenters. The van der Waals surface area contributed by atoms with Gasteiger partial charge in [-0.15, -0.1) is 13.2 Å². The van der Waals surface area contributed by atoms with E-state index in [1.807, 2.05) is 0 Å². The number of fused-ring (bicyclic) bond motifs is 1. The minimum absolute atomic E-state index is 0.0900. The van der Waals surface area contributed by atoms with Crippen LogP contribution >= 0.6 is 11.6 Å².